The van der Waals surface area contributed by atoms with Gasteiger partial charge in [-0.1, -0.05) is 12.1 Å². The number of aromatic hydroxyl groups is 1. The molecule has 0 radical (unpaired) electrons. The molecule has 0 unspecified atom stereocenters. The lowest BCUT2D eigenvalue weighted by molar-refractivity contribution is -0.105. The van der Waals surface area contributed by atoms with Crippen LogP contribution < -0.4 is 10.7 Å². The van der Waals surface area contributed by atoms with Crippen LogP contribution in [0.4, 0.5) is 5.69 Å². The van der Waals surface area contributed by atoms with Gasteiger partial charge in [-0.15, -0.1) is 0 Å². The summed E-state index contributed by atoms with van der Waals surface area (Å²) < 4.78 is 0. The molecule has 1 aromatic carbocycles. The Morgan fingerprint density at radius 2 is 2.00 bits per heavy atom. The first-order chi connectivity index (χ1) is 5.75. The Morgan fingerprint density at radius 3 is 2.67 bits per heavy atom. The van der Waals surface area contributed by atoms with E-state index in [4.69, 9.17) is 5.11 Å². The van der Waals surface area contributed by atoms with E-state index in [9.17, 15) is 9.59 Å². The van der Waals surface area contributed by atoms with Crippen molar-refractivity contribution in [1.29, 1.82) is 0 Å². The molecule has 0 fully saturated rings. The first kappa shape index (κ1) is 8.26. The molecule has 0 aliphatic rings. The topological polar surface area (TPSA) is 66.4 Å². The first-order valence-electron chi connectivity index (χ1n) is 3.28. The van der Waals surface area contributed by atoms with E-state index >= 15 is 0 Å². The van der Waals surface area contributed by atoms with Crippen LogP contribution in [-0.4, -0.2) is 11.5 Å². The fraction of sp³-hybridized carbons (Fsp3) is 0. The summed E-state index contributed by atoms with van der Waals surface area (Å²) in [6, 6.07) is 5.68. The Hall–Kier alpha value is -1.84. The average molecular weight is 165 g/mol. The molecule has 4 heteroatoms. The average Bonchev–Trinajstić information content (AvgIpc) is 2.20. The number of hydrogen-bond acceptors (Lipinski definition) is 3. The van der Waals surface area contributed by atoms with Crippen molar-refractivity contribution in [2.24, 2.45) is 0 Å². The molecule has 0 saturated heterocycles. The SMILES string of the molecule is O=CNc1ccccc(=O)c1O. The second-order valence-corrected chi connectivity index (χ2v) is 2.11. The maximum Gasteiger partial charge on any atom is 0.222 e. The zero-order valence-electron chi connectivity index (χ0n) is 6.15. The van der Waals surface area contributed by atoms with Gasteiger partial charge in [0.1, 0.15) is 0 Å². The molecule has 2 N–H and O–H groups in total. The number of amides is 1. The molecule has 1 amide bonds. The van der Waals surface area contributed by atoms with Crippen molar-refractivity contribution >= 4 is 12.1 Å². The van der Waals surface area contributed by atoms with Crippen molar-refractivity contribution in [1.82, 2.24) is 0 Å². The Kier molecular flexibility index (Phi) is 2.42. The second kappa shape index (κ2) is 3.52. The fourth-order valence-electron chi connectivity index (χ4n) is 0.765. The molecule has 1 aromatic rings. The minimum absolute atomic E-state index is 0.111. The van der Waals surface area contributed by atoms with E-state index < -0.39 is 11.2 Å². The summed E-state index contributed by atoms with van der Waals surface area (Å²) in [5, 5.41) is 11.4. The van der Waals surface area contributed by atoms with Gasteiger partial charge < -0.3 is 10.4 Å². The maximum absolute atomic E-state index is 10.9. The highest BCUT2D eigenvalue weighted by atomic mass is 16.3. The van der Waals surface area contributed by atoms with Crippen LogP contribution in [0.25, 0.3) is 0 Å². The van der Waals surface area contributed by atoms with E-state index in [0.29, 0.717) is 6.41 Å². The Bertz CT molecular complexity index is 349. The van der Waals surface area contributed by atoms with Crippen molar-refractivity contribution < 1.29 is 9.90 Å². The molecule has 1 rings (SSSR count). The number of anilines is 1. The summed E-state index contributed by atoms with van der Waals surface area (Å²) in [5.74, 6) is -0.452. The third-order valence-corrected chi connectivity index (χ3v) is 1.32. The molecule has 0 aromatic heterocycles. The van der Waals surface area contributed by atoms with Crippen molar-refractivity contribution in [3.8, 4) is 5.75 Å². The van der Waals surface area contributed by atoms with Crippen LogP contribution in [0.2, 0.25) is 0 Å². The molecule has 4 nitrogen and oxygen atoms in total. The molecule has 12 heavy (non-hydrogen) atoms. The molecule has 0 aliphatic heterocycles. The summed E-state index contributed by atoms with van der Waals surface area (Å²) >= 11 is 0. The number of carbonyl (C=O) groups excluding carboxylic acids is 1. The number of nitrogens with one attached hydrogen (secondary N) is 1. The quantitative estimate of drug-likeness (QED) is 0.620. The Balaban J connectivity index is 3.31. The Labute approximate surface area is 68.5 Å². The minimum atomic E-state index is -0.524. The maximum atomic E-state index is 10.9. The van der Waals surface area contributed by atoms with Crippen LogP contribution in [0, 0.1) is 0 Å². The highest BCUT2D eigenvalue weighted by Crippen LogP contribution is 2.14. The smallest absolute Gasteiger partial charge is 0.222 e. The summed E-state index contributed by atoms with van der Waals surface area (Å²) in [4.78, 5) is 20.9. The summed E-state index contributed by atoms with van der Waals surface area (Å²) in [6.45, 7) is 0. The predicted molar refractivity (Wildman–Crippen MR) is 44.1 cm³/mol. The van der Waals surface area contributed by atoms with E-state index in [2.05, 4.69) is 5.32 Å². The fourth-order valence-corrected chi connectivity index (χ4v) is 0.765. The van der Waals surface area contributed by atoms with Gasteiger partial charge in [0.25, 0.3) is 0 Å². The van der Waals surface area contributed by atoms with Crippen LogP contribution in [0.3, 0.4) is 0 Å². The first-order valence-corrected chi connectivity index (χ1v) is 3.28. The van der Waals surface area contributed by atoms with Gasteiger partial charge in [0.15, 0.2) is 5.75 Å². The van der Waals surface area contributed by atoms with Crippen molar-refractivity contribution in [3.05, 3.63) is 34.5 Å². The molecule has 62 valence electrons. The zero-order chi connectivity index (χ0) is 8.97. The van der Waals surface area contributed by atoms with Gasteiger partial charge in [-0.25, -0.2) is 0 Å². The molecule has 0 atom stereocenters. The lowest BCUT2D eigenvalue weighted by atomic mass is 10.4. The predicted octanol–water partition coefficient (Wildman–Crippen LogP) is 0.321. The zero-order valence-corrected chi connectivity index (χ0v) is 6.15. The third kappa shape index (κ3) is 1.60. The number of hydrogen-bond donors (Lipinski definition) is 2. The monoisotopic (exact) mass is 165 g/mol. The molecular weight excluding hydrogens is 158 g/mol. The standard InChI is InChI=1S/C8H7NO3/c10-5-9-6-3-1-2-4-7(11)8(6)12/h1-5H,(H2,9,10,11,12). The van der Waals surface area contributed by atoms with Gasteiger partial charge in [0.05, 0.1) is 5.69 Å². The molecular formula is C8H7NO3. The van der Waals surface area contributed by atoms with Crippen LogP contribution >= 0.6 is 0 Å². The van der Waals surface area contributed by atoms with Crippen LogP contribution in [0.15, 0.2) is 29.1 Å². The molecule has 0 bridgehead atoms. The molecule has 0 heterocycles. The summed E-state index contributed by atoms with van der Waals surface area (Å²) in [6.07, 6.45) is 0.397. The lowest BCUT2D eigenvalue weighted by Crippen LogP contribution is -1.99. The number of carbonyl (C=O) groups is 1. The van der Waals surface area contributed by atoms with E-state index in [0.717, 1.165) is 0 Å². The van der Waals surface area contributed by atoms with Crippen molar-refractivity contribution in [3.63, 3.8) is 0 Å². The van der Waals surface area contributed by atoms with Gasteiger partial charge >= 0.3 is 0 Å². The normalized spacial score (nSPS) is 9.00. The number of rotatable bonds is 2. The molecule has 0 spiro atoms. The van der Waals surface area contributed by atoms with Crippen LogP contribution in [0.5, 0.6) is 5.75 Å². The van der Waals surface area contributed by atoms with Gasteiger partial charge in [0.2, 0.25) is 11.8 Å². The lowest BCUT2D eigenvalue weighted by Gasteiger charge is -1.94. The van der Waals surface area contributed by atoms with Crippen LogP contribution in [-0.2, 0) is 4.79 Å². The molecule has 0 saturated carbocycles. The minimum Gasteiger partial charge on any atom is -0.503 e. The highest BCUT2D eigenvalue weighted by Gasteiger charge is 1.99. The highest BCUT2D eigenvalue weighted by molar-refractivity contribution is 5.74. The largest absolute Gasteiger partial charge is 0.503 e. The van der Waals surface area contributed by atoms with Crippen molar-refractivity contribution in [2.45, 2.75) is 0 Å². The van der Waals surface area contributed by atoms with E-state index in [1.165, 1.54) is 18.2 Å². The van der Waals surface area contributed by atoms with Gasteiger partial charge in [-0.05, 0) is 12.1 Å². The Morgan fingerprint density at radius 1 is 1.33 bits per heavy atom. The second-order valence-electron chi connectivity index (χ2n) is 2.11. The summed E-state index contributed by atoms with van der Waals surface area (Å²) in [7, 11) is 0. The van der Waals surface area contributed by atoms with E-state index in [1.54, 1.807) is 6.07 Å². The van der Waals surface area contributed by atoms with Crippen molar-refractivity contribution in [2.75, 3.05) is 5.32 Å². The van der Waals surface area contributed by atoms with Gasteiger partial charge in [0, 0.05) is 0 Å². The van der Waals surface area contributed by atoms with Crippen LogP contribution in [0.1, 0.15) is 0 Å². The van der Waals surface area contributed by atoms with E-state index in [-0.39, 0.29) is 5.69 Å². The summed E-state index contributed by atoms with van der Waals surface area (Å²) in [5.41, 5.74) is -0.413. The van der Waals surface area contributed by atoms with Gasteiger partial charge in [-0.2, -0.15) is 0 Å². The van der Waals surface area contributed by atoms with Gasteiger partial charge in [-0.3, -0.25) is 9.59 Å². The molecule has 0 aliphatic carbocycles. The third-order valence-electron chi connectivity index (χ3n) is 1.32. The van der Waals surface area contributed by atoms with E-state index in [1.807, 2.05) is 0 Å².